The quantitative estimate of drug-likeness (QED) is 0.741. The van der Waals surface area contributed by atoms with E-state index < -0.39 is 0 Å². The Kier molecular flexibility index (Phi) is 5.38. The van der Waals surface area contributed by atoms with E-state index in [1.807, 2.05) is 18.2 Å². The lowest BCUT2D eigenvalue weighted by atomic mass is 10.1. The van der Waals surface area contributed by atoms with E-state index in [0.717, 1.165) is 49.7 Å². The maximum absolute atomic E-state index is 11.3. The van der Waals surface area contributed by atoms with Gasteiger partial charge in [-0.3, -0.25) is 4.79 Å². The van der Waals surface area contributed by atoms with Crippen LogP contribution in [0.2, 0.25) is 0 Å². The van der Waals surface area contributed by atoms with Crippen LogP contribution in [0.3, 0.4) is 0 Å². The SMILES string of the molecule is CCN(CC)CCNCc1ccc2c(c1)NC(=O)CO2. The smallest absolute Gasteiger partial charge is 0.262 e. The second-order valence-electron chi connectivity index (χ2n) is 4.87. The number of carbonyl (C=O) groups excluding carboxylic acids is 1. The zero-order valence-electron chi connectivity index (χ0n) is 12.2. The van der Waals surface area contributed by atoms with Crippen molar-refractivity contribution in [2.45, 2.75) is 20.4 Å². The fraction of sp³-hybridized carbons (Fsp3) is 0.533. The number of ether oxygens (including phenoxy) is 1. The van der Waals surface area contributed by atoms with Gasteiger partial charge in [0.25, 0.3) is 5.91 Å². The molecule has 1 aromatic rings. The maximum atomic E-state index is 11.3. The highest BCUT2D eigenvalue weighted by Crippen LogP contribution is 2.28. The molecule has 0 radical (unpaired) electrons. The van der Waals surface area contributed by atoms with E-state index in [9.17, 15) is 4.79 Å². The summed E-state index contributed by atoms with van der Waals surface area (Å²) in [5.74, 6) is 0.653. The van der Waals surface area contributed by atoms with Gasteiger partial charge in [-0.05, 0) is 30.8 Å². The molecule has 0 fully saturated rings. The number of amides is 1. The van der Waals surface area contributed by atoms with Gasteiger partial charge < -0.3 is 20.3 Å². The number of nitrogens with zero attached hydrogens (tertiary/aromatic N) is 1. The van der Waals surface area contributed by atoms with Crippen LogP contribution in [-0.4, -0.2) is 43.6 Å². The van der Waals surface area contributed by atoms with Crippen molar-refractivity contribution in [3.05, 3.63) is 23.8 Å². The van der Waals surface area contributed by atoms with E-state index in [4.69, 9.17) is 4.74 Å². The Morgan fingerprint density at radius 1 is 1.35 bits per heavy atom. The van der Waals surface area contributed by atoms with E-state index in [-0.39, 0.29) is 12.5 Å². The third kappa shape index (κ3) is 3.95. The molecule has 5 nitrogen and oxygen atoms in total. The monoisotopic (exact) mass is 277 g/mol. The van der Waals surface area contributed by atoms with Crippen LogP contribution in [0.5, 0.6) is 5.75 Å². The Balaban J connectivity index is 1.82. The number of carbonyl (C=O) groups is 1. The van der Waals surface area contributed by atoms with Gasteiger partial charge in [0.2, 0.25) is 0 Å². The molecule has 0 unspecified atom stereocenters. The van der Waals surface area contributed by atoms with Crippen molar-refractivity contribution in [1.82, 2.24) is 10.2 Å². The van der Waals surface area contributed by atoms with Gasteiger partial charge >= 0.3 is 0 Å². The van der Waals surface area contributed by atoms with Crippen LogP contribution in [0.1, 0.15) is 19.4 Å². The van der Waals surface area contributed by atoms with Crippen LogP contribution >= 0.6 is 0 Å². The van der Waals surface area contributed by atoms with Crippen LogP contribution in [0.25, 0.3) is 0 Å². The minimum absolute atomic E-state index is 0.0934. The van der Waals surface area contributed by atoms with Gasteiger partial charge in [-0.15, -0.1) is 0 Å². The summed E-state index contributed by atoms with van der Waals surface area (Å²) in [6.07, 6.45) is 0. The van der Waals surface area contributed by atoms with Crippen molar-refractivity contribution in [2.24, 2.45) is 0 Å². The van der Waals surface area contributed by atoms with Gasteiger partial charge in [-0.2, -0.15) is 0 Å². The normalized spacial score (nSPS) is 13.8. The van der Waals surface area contributed by atoms with Crippen LogP contribution in [0.4, 0.5) is 5.69 Å². The first-order valence-corrected chi connectivity index (χ1v) is 7.21. The number of benzene rings is 1. The van der Waals surface area contributed by atoms with Crippen molar-refractivity contribution in [3.8, 4) is 5.75 Å². The highest BCUT2D eigenvalue weighted by atomic mass is 16.5. The summed E-state index contributed by atoms with van der Waals surface area (Å²) in [5, 5.41) is 6.25. The lowest BCUT2D eigenvalue weighted by molar-refractivity contribution is -0.118. The summed E-state index contributed by atoms with van der Waals surface area (Å²) in [6.45, 7) is 9.43. The second kappa shape index (κ2) is 7.26. The minimum atomic E-state index is -0.0934. The van der Waals surface area contributed by atoms with Crippen molar-refractivity contribution >= 4 is 11.6 Å². The van der Waals surface area contributed by atoms with Crippen LogP contribution in [0, 0.1) is 0 Å². The Hall–Kier alpha value is -1.59. The molecule has 20 heavy (non-hydrogen) atoms. The van der Waals surface area contributed by atoms with Gasteiger partial charge in [-0.1, -0.05) is 19.9 Å². The zero-order chi connectivity index (χ0) is 14.4. The first kappa shape index (κ1) is 14.8. The summed E-state index contributed by atoms with van der Waals surface area (Å²) in [5.41, 5.74) is 1.92. The predicted octanol–water partition coefficient (Wildman–Crippen LogP) is 1.45. The summed E-state index contributed by atoms with van der Waals surface area (Å²) >= 11 is 0. The van der Waals surface area contributed by atoms with Gasteiger partial charge in [0.15, 0.2) is 6.61 Å². The molecule has 0 bridgehead atoms. The minimum Gasteiger partial charge on any atom is -0.482 e. The van der Waals surface area contributed by atoms with Crippen molar-refractivity contribution in [3.63, 3.8) is 0 Å². The fourth-order valence-electron chi connectivity index (χ4n) is 2.25. The van der Waals surface area contributed by atoms with Crippen molar-refractivity contribution in [2.75, 3.05) is 38.1 Å². The molecule has 0 spiro atoms. The van der Waals surface area contributed by atoms with Crippen LogP contribution in [-0.2, 0) is 11.3 Å². The lowest BCUT2D eigenvalue weighted by Gasteiger charge is -2.19. The largest absolute Gasteiger partial charge is 0.482 e. The van der Waals surface area contributed by atoms with E-state index >= 15 is 0 Å². The summed E-state index contributed by atoms with van der Waals surface area (Å²) in [4.78, 5) is 13.7. The molecule has 0 saturated heterocycles. The number of fused-ring (bicyclic) bond motifs is 1. The average molecular weight is 277 g/mol. The Morgan fingerprint density at radius 2 is 2.15 bits per heavy atom. The summed E-state index contributed by atoms with van der Waals surface area (Å²) < 4.78 is 5.34. The van der Waals surface area contributed by atoms with E-state index in [1.165, 1.54) is 0 Å². The Labute approximate surface area is 120 Å². The number of anilines is 1. The zero-order valence-corrected chi connectivity index (χ0v) is 12.2. The van der Waals surface area contributed by atoms with E-state index in [2.05, 4.69) is 29.4 Å². The maximum Gasteiger partial charge on any atom is 0.262 e. The molecular formula is C15H23N3O2. The summed E-state index contributed by atoms with van der Waals surface area (Å²) in [7, 11) is 0. The number of nitrogens with one attached hydrogen (secondary N) is 2. The molecule has 1 aliphatic rings. The molecule has 2 N–H and O–H groups in total. The van der Waals surface area contributed by atoms with Crippen molar-refractivity contribution < 1.29 is 9.53 Å². The molecule has 1 amide bonds. The van der Waals surface area contributed by atoms with Crippen LogP contribution < -0.4 is 15.4 Å². The first-order valence-electron chi connectivity index (χ1n) is 7.21. The topological polar surface area (TPSA) is 53.6 Å². The number of hydrogen-bond acceptors (Lipinski definition) is 4. The van der Waals surface area contributed by atoms with Crippen molar-refractivity contribution in [1.29, 1.82) is 0 Å². The standard InChI is InChI=1S/C15H23N3O2/c1-3-18(4-2)8-7-16-10-12-5-6-14-13(9-12)17-15(19)11-20-14/h5-6,9,16H,3-4,7-8,10-11H2,1-2H3,(H,17,19). The third-order valence-corrected chi connectivity index (χ3v) is 3.51. The van der Waals surface area contributed by atoms with Crippen LogP contribution in [0.15, 0.2) is 18.2 Å². The van der Waals surface area contributed by atoms with Gasteiger partial charge in [0.1, 0.15) is 5.75 Å². The highest BCUT2D eigenvalue weighted by molar-refractivity contribution is 5.95. The molecule has 1 aromatic carbocycles. The summed E-state index contributed by atoms with van der Waals surface area (Å²) in [6, 6.07) is 5.91. The first-order chi connectivity index (χ1) is 9.72. The molecule has 1 heterocycles. The predicted molar refractivity (Wildman–Crippen MR) is 80.1 cm³/mol. The third-order valence-electron chi connectivity index (χ3n) is 3.51. The Bertz CT molecular complexity index is 458. The van der Waals surface area contributed by atoms with Gasteiger partial charge in [0, 0.05) is 19.6 Å². The molecule has 0 saturated carbocycles. The average Bonchev–Trinajstić information content (AvgIpc) is 2.47. The number of likely N-dealkylation sites (N-methyl/N-ethyl adjacent to an activating group) is 1. The van der Waals surface area contributed by atoms with E-state index in [0.29, 0.717) is 0 Å². The molecule has 2 rings (SSSR count). The molecule has 0 atom stereocenters. The molecular weight excluding hydrogens is 254 g/mol. The Morgan fingerprint density at radius 3 is 2.90 bits per heavy atom. The second-order valence-corrected chi connectivity index (χ2v) is 4.87. The highest BCUT2D eigenvalue weighted by Gasteiger charge is 2.15. The number of rotatable bonds is 7. The van der Waals surface area contributed by atoms with E-state index in [1.54, 1.807) is 0 Å². The molecule has 5 heteroatoms. The fourth-order valence-corrected chi connectivity index (χ4v) is 2.25. The molecule has 110 valence electrons. The number of hydrogen-bond donors (Lipinski definition) is 2. The van der Waals surface area contributed by atoms with Gasteiger partial charge in [-0.25, -0.2) is 0 Å². The molecule has 1 aliphatic heterocycles. The molecule has 0 aliphatic carbocycles. The molecule has 0 aromatic heterocycles. The van der Waals surface area contributed by atoms with Gasteiger partial charge in [0.05, 0.1) is 5.69 Å². The lowest BCUT2D eigenvalue weighted by Crippen LogP contribution is -2.31.